The Labute approximate surface area is 231 Å². The molecule has 2 aromatic rings. The predicted molar refractivity (Wildman–Crippen MR) is 156 cm³/mol. The summed E-state index contributed by atoms with van der Waals surface area (Å²) in [6.45, 7) is 4.23. The molecule has 2 aromatic carbocycles. The van der Waals surface area contributed by atoms with Crippen LogP contribution in [0.15, 0.2) is 48.5 Å². The number of hydrogen-bond donors (Lipinski definition) is 0. The van der Waals surface area contributed by atoms with E-state index in [0.717, 1.165) is 29.9 Å². The largest absolute Gasteiger partial charge is 0.491 e. The van der Waals surface area contributed by atoms with Crippen LogP contribution in [0, 0.1) is 0 Å². The highest BCUT2D eigenvalue weighted by Crippen LogP contribution is 2.39. The molecule has 0 spiro atoms. The van der Waals surface area contributed by atoms with Gasteiger partial charge in [0.05, 0.1) is 6.61 Å². The van der Waals surface area contributed by atoms with Gasteiger partial charge in [0, 0.05) is 12.2 Å². The maximum atomic E-state index is 12.3. The highest BCUT2D eigenvalue weighted by atomic mass is 16.5. The number of carbonyl (C=O) groups is 1. The van der Waals surface area contributed by atoms with Crippen molar-refractivity contribution in [3.63, 3.8) is 0 Å². The van der Waals surface area contributed by atoms with Crippen molar-refractivity contribution in [3.05, 3.63) is 59.7 Å². The molecule has 4 nitrogen and oxygen atoms in total. The molecule has 0 amide bonds. The highest BCUT2D eigenvalue weighted by Gasteiger charge is 2.33. The van der Waals surface area contributed by atoms with Gasteiger partial charge in [-0.25, -0.2) is 0 Å². The van der Waals surface area contributed by atoms with E-state index in [1.54, 1.807) is 0 Å². The van der Waals surface area contributed by atoms with E-state index in [0.29, 0.717) is 19.0 Å². The summed E-state index contributed by atoms with van der Waals surface area (Å²) in [5, 5.41) is 0. The Bertz CT molecular complexity index is 892. The summed E-state index contributed by atoms with van der Waals surface area (Å²) >= 11 is 0. The molecular formula is C34H50O4. The van der Waals surface area contributed by atoms with Crippen molar-refractivity contribution < 1.29 is 19.0 Å². The standard InChI is InChI=1S/C34H50O4/c1-2-3-4-5-6-7-8-9-10-11-12-13-14-15-16-19-26-36-27-28-37-30-24-22-29(23-25-30)33-31-20-17-18-21-32(31)38-34(33)35/h17-18,20-25,33H,2-16,19,26-28H2,1H3. The first-order chi connectivity index (χ1) is 18.8. The average molecular weight is 523 g/mol. The Hall–Kier alpha value is -2.33. The number of esters is 1. The third kappa shape index (κ3) is 11.2. The average Bonchev–Trinajstić information content (AvgIpc) is 3.28. The maximum Gasteiger partial charge on any atom is 0.323 e. The zero-order valence-electron chi connectivity index (χ0n) is 23.8. The van der Waals surface area contributed by atoms with Crippen LogP contribution >= 0.6 is 0 Å². The molecule has 4 heteroatoms. The van der Waals surface area contributed by atoms with Crippen molar-refractivity contribution >= 4 is 5.97 Å². The van der Waals surface area contributed by atoms with E-state index in [4.69, 9.17) is 14.2 Å². The zero-order chi connectivity index (χ0) is 26.7. The van der Waals surface area contributed by atoms with Crippen molar-refractivity contribution in [1.82, 2.24) is 0 Å². The van der Waals surface area contributed by atoms with Crippen LogP contribution in [0.2, 0.25) is 0 Å². The highest BCUT2D eigenvalue weighted by molar-refractivity contribution is 5.89. The summed E-state index contributed by atoms with van der Waals surface area (Å²) in [7, 11) is 0. The fraction of sp³-hybridized carbons (Fsp3) is 0.618. The Morgan fingerprint density at radius 2 is 1.18 bits per heavy atom. The van der Waals surface area contributed by atoms with E-state index in [1.807, 2.05) is 48.5 Å². The van der Waals surface area contributed by atoms with Crippen molar-refractivity contribution in [3.8, 4) is 11.5 Å². The molecule has 38 heavy (non-hydrogen) atoms. The molecule has 0 N–H and O–H groups in total. The molecule has 3 rings (SSSR count). The van der Waals surface area contributed by atoms with Crippen molar-refractivity contribution in [2.24, 2.45) is 0 Å². The van der Waals surface area contributed by atoms with Crippen molar-refractivity contribution in [2.45, 2.75) is 116 Å². The Kier molecular flexibility index (Phi) is 15.0. The lowest BCUT2D eigenvalue weighted by Gasteiger charge is -2.10. The molecule has 0 saturated heterocycles. The van der Waals surface area contributed by atoms with Crippen LogP contribution in [0.1, 0.15) is 127 Å². The number of hydrogen-bond acceptors (Lipinski definition) is 4. The lowest BCUT2D eigenvalue weighted by atomic mass is 9.93. The lowest BCUT2D eigenvalue weighted by Crippen LogP contribution is -2.11. The Morgan fingerprint density at radius 3 is 1.79 bits per heavy atom. The van der Waals surface area contributed by atoms with Crippen LogP contribution < -0.4 is 9.47 Å². The summed E-state index contributed by atoms with van der Waals surface area (Å²) in [5.74, 6) is 0.870. The van der Waals surface area contributed by atoms with Crippen LogP contribution in [0.3, 0.4) is 0 Å². The van der Waals surface area contributed by atoms with Crippen LogP contribution in [-0.4, -0.2) is 25.8 Å². The summed E-state index contributed by atoms with van der Waals surface area (Å²) < 4.78 is 17.0. The van der Waals surface area contributed by atoms with Gasteiger partial charge in [-0.2, -0.15) is 0 Å². The van der Waals surface area contributed by atoms with Gasteiger partial charge in [-0.1, -0.05) is 134 Å². The minimum absolute atomic E-state index is 0.220. The summed E-state index contributed by atoms with van der Waals surface area (Å²) in [5.41, 5.74) is 1.85. The fourth-order valence-corrected chi connectivity index (χ4v) is 5.25. The van der Waals surface area contributed by atoms with Crippen LogP contribution in [0.4, 0.5) is 0 Å². The topological polar surface area (TPSA) is 44.8 Å². The Morgan fingerprint density at radius 1 is 0.632 bits per heavy atom. The third-order valence-electron chi connectivity index (χ3n) is 7.53. The normalized spacial score (nSPS) is 14.4. The smallest absolute Gasteiger partial charge is 0.323 e. The van der Waals surface area contributed by atoms with E-state index >= 15 is 0 Å². The number of benzene rings is 2. The van der Waals surface area contributed by atoms with E-state index in [9.17, 15) is 4.79 Å². The molecule has 0 bridgehead atoms. The molecule has 1 atom stereocenters. The van der Waals surface area contributed by atoms with Gasteiger partial charge in [0.15, 0.2) is 0 Å². The quantitative estimate of drug-likeness (QED) is 0.0877. The molecule has 1 aliphatic rings. The first-order valence-electron chi connectivity index (χ1n) is 15.4. The molecule has 210 valence electrons. The van der Waals surface area contributed by atoms with Gasteiger partial charge < -0.3 is 14.2 Å². The number of ether oxygens (including phenoxy) is 3. The molecule has 1 unspecified atom stereocenters. The summed E-state index contributed by atoms with van der Waals surface area (Å²) in [6, 6.07) is 15.3. The molecule has 1 aliphatic heterocycles. The second kappa shape index (κ2) is 18.8. The van der Waals surface area contributed by atoms with E-state index in [1.165, 1.54) is 96.3 Å². The van der Waals surface area contributed by atoms with Crippen LogP contribution in [0.5, 0.6) is 11.5 Å². The van der Waals surface area contributed by atoms with Gasteiger partial charge in [0.2, 0.25) is 0 Å². The molecule has 0 saturated carbocycles. The number of unbranched alkanes of at least 4 members (excludes halogenated alkanes) is 15. The van der Waals surface area contributed by atoms with E-state index < -0.39 is 0 Å². The molecule has 0 aromatic heterocycles. The van der Waals surface area contributed by atoms with Crippen LogP contribution in [-0.2, 0) is 9.53 Å². The van der Waals surface area contributed by atoms with Gasteiger partial charge in [-0.05, 0) is 30.2 Å². The van der Waals surface area contributed by atoms with Gasteiger partial charge >= 0.3 is 5.97 Å². The minimum atomic E-state index is -0.358. The van der Waals surface area contributed by atoms with Gasteiger partial charge in [0.25, 0.3) is 0 Å². The second-order valence-electron chi connectivity index (χ2n) is 10.7. The molecule has 1 heterocycles. The second-order valence-corrected chi connectivity index (χ2v) is 10.7. The van der Waals surface area contributed by atoms with E-state index in [-0.39, 0.29) is 11.9 Å². The number of carbonyl (C=O) groups excluding carboxylic acids is 1. The molecule has 0 radical (unpaired) electrons. The third-order valence-corrected chi connectivity index (χ3v) is 7.53. The summed E-state index contributed by atoms with van der Waals surface area (Å²) in [4.78, 5) is 12.3. The molecule has 0 fully saturated rings. The van der Waals surface area contributed by atoms with Crippen molar-refractivity contribution in [2.75, 3.05) is 19.8 Å². The van der Waals surface area contributed by atoms with Gasteiger partial charge in [0.1, 0.15) is 24.0 Å². The molecular weight excluding hydrogens is 472 g/mol. The zero-order valence-corrected chi connectivity index (χ0v) is 23.8. The van der Waals surface area contributed by atoms with E-state index in [2.05, 4.69) is 6.92 Å². The molecule has 0 aliphatic carbocycles. The fourth-order valence-electron chi connectivity index (χ4n) is 5.25. The Balaban J connectivity index is 1.10. The SMILES string of the molecule is CCCCCCCCCCCCCCCCCCOCCOc1ccc(C2C(=O)Oc3ccccc32)cc1. The number of fused-ring (bicyclic) bond motifs is 1. The lowest BCUT2D eigenvalue weighted by molar-refractivity contribution is -0.133. The minimum Gasteiger partial charge on any atom is -0.491 e. The number of para-hydroxylation sites is 1. The first kappa shape index (κ1) is 30.2. The van der Waals surface area contributed by atoms with Gasteiger partial charge in [-0.3, -0.25) is 4.79 Å². The monoisotopic (exact) mass is 522 g/mol. The summed E-state index contributed by atoms with van der Waals surface area (Å²) in [6.07, 6.45) is 22.1. The van der Waals surface area contributed by atoms with Gasteiger partial charge in [-0.15, -0.1) is 0 Å². The van der Waals surface area contributed by atoms with Crippen LogP contribution in [0.25, 0.3) is 0 Å². The predicted octanol–water partition coefficient (Wildman–Crippen LogP) is 9.39. The number of rotatable bonds is 22. The first-order valence-corrected chi connectivity index (χ1v) is 15.4. The van der Waals surface area contributed by atoms with Crippen molar-refractivity contribution in [1.29, 1.82) is 0 Å². The maximum absolute atomic E-state index is 12.3.